The summed E-state index contributed by atoms with van der Waals surface area (Å²) >= 11 is 1.17. The SMILES string of the molecule is CC(=O)SCC=Cc1cc([N+](=O)[O-])ccn1. The van der Waals surface area contributed by atoms with E-state index in [0.717, 1.165) is 0 Å². The highest BCUT2D eigenvalue weighted by atomic mass is 32.2. The summed E-state index contributed by atoms with van der Waals surface area (Å²) in [7, 11) is 0. The molecule has 16 heavy (non-hydrogen) atoms. The van der Waals surface area contributed by atoms with Gasteiger partial charge in [0.15, 0.2) is 5.12 Å². The van der Waals surface area contributed by atoms with Crippen LogP contribution in [0.2, 0.25) is 0 Å². The third-order valence-electron chi connectivity index (χ3n) is 1.65. The molecule has 1 heterocycles. The van der Waals surface area contributed by atoms with E-state index in [4.69, 9.17) is 0 Å². The maximum atomic E-state index is 10.6. The second kappa shape index (κ2) is 6.02. The molecule has 0 bridgehead atoms. The molecule has 0 N–H and O–H groups in total. The zero-order valence-corrected chi connectivity index (χ0v) is 9.44. The van der Waals surface area contributed by atoms with Gasteiger partial charge < -0.3 is 0 Å². The fourth-order valence-electron chi connectivity index (χ4n) is 0.976. The molecule has 0 spiro atoms. The van der Waals surface area contributed by atoms with Crippen molar-refractivity contribution in [1.29, 1.82) is 0 Å². The maximum absolute atomic E-state index is 10.6. The number of aromatic nitrogens is 1. The third kappa shape index (κ3) is 4.22. The summed E-state index contributed by atoms with van der Waals surface area (Å²) in [6, 6.07) is 2.72. The first kappa shape index (κ1) is 12.4. The Morgan fingerprint density at radius 2 is 2.44 bits per heavy atom. The third-order valence-corrected chi connectivity index (χ3v) is 2.41. The molecule has 0 aliphatic heterocycles. The fourth-order valence-corrected chi connectivity index (χ4v) is 1.40. The lowest BCUT2D eigenvalue weighted by Gasteiger charge is -1.93. The molecule has 0 atom stereocenters. The zero-order valence-electron chi connectivity index (χ0n) is 8.62. The van der Waals surface area contributed by atoms with Crippen molar-refractivity contribution in [2.75, 3.05) is 5.75 Å². The summed E-state index contributed by atoms with van der Waals surface area (Å²) in [5.74, 6) is 0.541. The second-order valence-corrected chi connectivity index (χ2v) is 4.10. The molecule has 0 fully saturated rings. The zero-order chi connectivity index (χ0) is 12.0. The molecular formula is C10H10N2O3S. The molecule has 84 valence electrons. The highest BCUT2D eigenvalue weighted by molar-refractivity contribution is 8.13. The van der Waals surface area contributed by atoms with Crippen LogP contribution in [0.3, 0.4) is 0 Å². The number of thioether (sulfide) groups is 1. The summed E-state index contributed by atoms with van der Waals surface area (Å²) in [6.07, 6.45) is 4.79. The number of nitro groups is 1. The standard InChI is InChI=1S/C10H10N2O3S/c1-8(13)16-6-2-3-9-7-10(12(14)15)4-5-11-9/h2-5,7H,6H2,1H3. The van der Waals surface area contributed by atoms with Gasteiger partial charge in [-0.3, -0.25) is 19.9 Å². The quantitative estimate of drug-likeness (QED) is 0.594. The van der Waals surface area contributed by atoms with Gasteiger partial charge in [-0.25, -0.2) is 0 Å². The van der Waals surface area contributed by atoms with E-state index in [1.54, 1.807) is 12.2 Å². The van der Waals surface area contributed by atoms with Crippen molar-refractivity contribution < 1.29 is 9.72 Å². The van der Waals surface area contributed by atoms with Crippen molar-refractivity contribution in [1.82, 2.24) is 4.98 Å². The van der Waals surface area contributed by atoms with Crippen LogP contribution in [0, 0.1) is 10.1 Å². The number of hydrogen-bond acceptors (Lipinski definition) is 5. The molecule has 0 aromatic carbocycles. The van der Waals surface area contributed by atoms with Gasteiger partial charge in [0.1, 0.15) is 0 Å². The van der Waals surface area contributed by atoms with E-state index in [0.29, 0.717) is 11.4 Å². The Hall–Kier alpha value is -1.69. The molecule has 6 heteroatoms. The number of carbonyl (C=O) groups is 1. The van der Waals surface area contributed by atoms with Crippen LogP contribution in [0.5, 0.6) is 0 Å². The van der Waals surface area contributed by atoms with Crippen LogP contribution in [-0.4, -0.2) is 20.8 Å². The predicted octanol–water partition coefficient (Wildman–Crippen LogP) is 2.28. The van der Waals surface area contributed by atoms with E-state index in [1.165, 1.54) is 37.0 Å². The van der Waals surface area contributed by atoms with Gasteiger partial charge in [0.25, 0.3) is 5.69 Å². The van der Waals surface area contributed by atoms with E-state index in [2.05, 4.69) is 4.98 Å². The van der Waals surface area contributed by atoms with E-state index < -0.39 is 4.92 Å². The van der Waals surface area contributed by atoms with Gasteiger partial charge in [0.05, 0.1) is 10.6 Å². The Morgan fingerprint density at radius 1 is 1.69 bits per heavy atom. The molecule has 0 saturated carbocycles. The largest absolute Gasteiger partial charge is 0.288 e. The second-order valence-electron chi connectivity index (χ2n) is 2.90. The Bertz CT molecular complexity index is 432. The normalized spacial score (nSPS) is 10.6. The molecule has 0 aliphatic rings. The lowest BCUT2D eigenvalue weighted by Crippen LogP contribution is -1.89. The molecule has 1 rings (SSSR count). The van der Waals surface area contributed by atoms with Crippen LogP contribution in [0.15, 0.2) is 24.4 Å². The Labute approximate surface area is 96.7 Å². The first-order valence-electron chi connectivity index (χ1n) is 4.50. The smallest absolute Gasteiger partial charge is 0.273 e. The van der Waals surface area contributed by atoms with Gasteiger partial charge in [-0.1, -0.05) is 17.8 Å². The Balaban J connectivity index is 2.63. The van der Waals surface area contributed by atoms with Crippen LogP contribution in [-0.2, 0) is 4.79 Å². The van der Waals surface area contributed by atoms with Crippen molar-refractivity contribution in [2.24, 2.45) is 0 Å². The molecule has 1 aromatic heterocycles. The molecular weight excluding hydrogens is 228 g/mol. The number of pyridine rings is 1. The van der Waals surface area contributed by atoms with Crippen LogP contribution in [0.4, 0.5) is 5.69 Å². The Kier molecular flexibility index (Phi) is 4.65. The minimum atomic E-state index is -0.469. The molecule has 5 nitrogen and oxygen atoms in total. The van der Waals surface area contributed by atoms with Crippen molar-refractivity contribution in [3.05, 3.63) is 40.2 Å². The van der Waals surface area contributed by atoms with Gasteiger partial charge in [0.2, 0.25) is 0 Å². The van der Waals surface area contributed by atoms with Crippen molar-refractivity contribution in [3.8, 4) is 0 Å². The van der Waals surface area contributed by atoms with E-state index in [1.807, 2.05) is 0 Å². The summed E-state index contributed by atoms with van der Waals surface area (Å²) in [5, 5.41) is 10.5. The Morgan fingerprint density at radius 3 is 3.06 bits per heavy atom. The van der Waals surface area contributed by atoms with E-state index in [-0.39, 0.29) is 10.8 Å². The van der Waals surface area contributed by atoms with Crippen LogP contribution >= 0.6 is 11.8 Å². The molecule has 0 aliphatic carbocycles. The average molecular weight is 238 g/mol. The van der Waals surface area contributed by atoms with Crippen molar-refractivity contribution in [2.45, 2.75) is 6.92 Å². The topological polar surface area (TPSA) is 73.1 Å². The number of carbonyl (C=O) groups excluding carboxylic acids is 1. The minimum Gasteiger partial charge on any atom is -0.288 e. The van der Waals surface area contributed by atoms with E-state index >= 15 is 0 Å². The molecule has 0 amide bonds. The van der Waals surface area contributed by atoms with Gasteiger partial charge >= 0.3 is 0 Å². The van der Waals surface area contributed by atoms with Gasteiger partial charge in [-0.15, -0.1) is 0 Å². The number of hydrogen-bond donors (Lipinski definition) is 0. The van der Waals surface area contributed by atoms with Crippen molar-refractivity contribution >= 4 is 28.6 Å². The first-order valence-corrected chi connectivity index (χ1v) is 5.48. The fraction of sp³-hybridized carbons (Fsp3) is 0.200. The molecule has 0 saturated heterocycles. The lowest BCUT2D eigenvalue weighted by molar-refractivity contribution is -0.384. The van der Waals surface area contributed by atoms with Gasteiger partial charge in [-0.2, -0.15) is 0 Å². The maximum Gasteiger partial charge on any atom is 0.273 e. The van der Waals surface area contributed by atoms with Crippen LogP contribution in [0.1, 0.15) is 12.6 Å². The number of rotatable bonds is 4. The van der Waals surface area contributed by atoms with Gasteiger partial charge in [-0.05, 0) is 6.08 Å². The van der Waals surface area contributed by atoms with Gasteiger partial charge in [0, 0.05) is 31.0 Å². The summed E-state index contributed by atoms with van der Waals surface area (Å²) in [4.78, 5) is 24.6. The summed E-state index contributed by atoms with van der Waals surface area (Å²) < 4.78 is 0. The predicted molar refractivity (Wildman–Crippen MR) is 63.1 cm³/mol. The highest BCUT2D eigenvalue weighted by Gasteiger charge is 2.04. The molecule has 1 aromatic rings. The average Bonchev–Trinajstić information content (AvgIpc) is 2.24. The molecule has 0 unspecified atom stereocenters. The first-order chi connectivity index (χ1) is 7.59. The van der Waals surface area contributed by atoms with Crippen LogP contribution < -0.4 is 0 Å². The molecule has 0 radical (unpaired) electrons. The highest BCUT2D eigenvalue weighted by Crippen LogP contribution is 2.12. The summed E-state index contributed by atoms with van der Waals surface area (Å²) in [6.45, 7) is 1.49. The van der Waals surface area contributed by atoms with Crippen molar-refractivity contribution in [3.63, 3.8) is 0 Å². The lowest BCUT2D eigenvalue weighted by atomic mass is 10.3. The van der Waals surface area contributed by atoms with E-state index in [9.17, 15) is 14.9 Å². The number of nitrogens with zero attached hydrogens (tertiary/aromatic N) is 2. The summed E-state index contributed by atoms with van der Waals surface area (Å²) in [5.41, 5.74) is 0.521. The monoisotopic (exact) mass is 238 g/mol. The van der Waals surface area contributed by atoms with Crippen LogP contribution in [0.25, 0.3) is 6.08 Å². The minimum absolute atomic E-state index is 0.00821.